The van der Waals surface area contributed by atoms with Gasteiger partial charge < -0.3 is 9.80 Å². The summed E-state index contributed by atoms with van der Waals surface area (Å²) >= 11 is 0. The van der Waals surface area contributed by atoms with Crippen molar-refractivity contribution in [3.8, 4) is 11.4 Å². The van der Waals surface area contributed by atoms with Crippen LogP contribution in [-0.2, 0) is 16.6 Å². The van der Waals surface area contributed by atoms with Crippen molar-refractivity contribution in [1.29, 1.82) is 0 Å². The van der Waals surface area contributed by atoms with Crippen molar-refractivity contribution in [2.75, 3.05) is 39.3 Å². The van der Waals surface area contributed by atoms with Crippen molar-refractivity contribution in [2.24, 2.45) is 18.4 Å². The number of hydrogen-bond acceptors (Lipinski definition) is 8. The Bertz CT molecular complexity index is 1750. The first kappa shape index (κ1) is 32.2. The molecule has 2 N–H and O–H groups in total. The SMILES string of the molecule is Cn1cnc(-c2ccc(C3=CCN(C(=O)CN4CC[C@]5(CCN(C6CCC7NNC(c8ccnc(C(F)F)c8)C7C6)C5=O)C4)CC3)cc2)n1. The molecule has 2 aromatic heterocycles. The number of amides is 2. The second-order valence-electron chi connectivity index (χ2n) is 14.4. The van der Waals surface area contributed by atoms with Gasteiger partial charge in [-0.15, -0.1) is 0 Å². The molecule has 13 heteroatoms. The number of alkyl halides is 2. The summed E-state index contributed by atoms with van der Waals surface area (Å²) in [5.74, 6) is 1.23. The minimum absolute atomic E-state index is 0.107. The molecule has 11 nitrogen and oxygen atoms in total. The highest BCUT2D eigenvalue weighted by molar-refractivity contribution is 5.86. The Balaban J connectivity index is 0.850. The highest BCUT2D eigenvalue weighted by Crippen LogP contribution is 2.46. The first-order chi connectivity index (χ1) is 23.8. The summed E-state index contributed by atoms with van der Waals surface area (Å²) in [6.07, 6.45) is 7.74. The third-order valence-electron chi connectivity index (χ3n) is 11.6. The molecule has 1 aliphatic carbocycles. The predicted molar refractivity (Wildman–Crippen MR) is 179 cm³/mol. The van der Waals surface area contributed by atoms with E-state index in [-0.39, 0.29) is 41.6 Å². The average Bonchev–Trinajstić information content (AvgIpc) is 3.92. The monoisotopic (exact) mass is 671 g/mol. The quantitative estimate of drug-likeness (QED) is 0.391. The number of fused-ring (bicyclic) bond motifs is 1. The Morgan fingerprint density at radius 2 is 1.86 bits per heavy atom. The first-order valence-electron chi connectivity index (χ1n) is 17.5. The molecule has 1 spiro atoms. The maximum absolute atomic E-state index is 14.1. The summed E-state index contributed by atoms with van der Waals surface area (Å²) in [6.45, 7) is 3.70. The molecule has 6 heterocycles. The molecule has 0 bridgehead atoms. The number of halogens is 2. The van der Waals surface area contributed by atoms with E-state index in [9.17, 15) is 18.4 Å². The summed E-state index contributed by atoms with van der Waals surface area (Å²) in [5, 5.41) is 4.37. The van der Waals surface area contributed by atoms with E-state index in [2.05, 4.69) is 53.9 Å². The number of carbonyl (C=O) groups excluding carboxylic acids is 2. The average molecular weight is 672 g/mol. The third-order valence-corrected chi connectivity index (χ3v) is 11.6. The Hall–Kier alpha value is -4.07. The van der Waals surface area contributed by atoms with Crippen LogP contribution in [0.5, 0.6) is 0 Å². The number of nitrogens with one attached hydrogen (secondary N) is 2. The molecule has 3 aromatic rings. The fourth-order valence-corrected chi connectivity index (χ4v) is 8.85. The van der Waals surface area contributed by atoms with Crippen LogP contribution >= 0.6 is 0 Å². The van der Waals surface area contributed by atoms with Gasteiger partial charge >= 0.3 is 0 Å². The van der Waals surface area contributed by atoms with E-state index in [1.54, 1.807) is 11.0 Å². The van der Waals surface area contributed by atoms with Crippen molar-refractivity contribution >= 4 is 17.4 Å². The van der Waals surface area contributed by atoms with Gasteiger partial charge in [0.1, 0.15) is 12.0 Å². The second kappa shape index (κ2) is 13.0. The Morgan fingerprint density at radius 3 is 2.61 bits per heavy atom. The molecule has 8 rings (SSSR count). The number of hydrazine groups is 1. The van der Waals surface area contributed by atoms with E-state index in [0.717, 1.165) is 68.3 Å². The lowest BCUT2D eigenvalue weighted by atomic mass is 9.76. The van der Waals surface area contributed by atoms with E-state index in [1.807, 2.05) is 30.1 Å². The summed E-state index contributed by atoms with van der Waals surface area (Å²) in [7, 11) is 1.85. The zero-order valence-electron chi connectivity index (χ0n) is 27.8. The number of pyridine rings is 1. The number of nitrogens with zero attached hydrogens (tertiary/aromatic N) is 7. The van der Waals surface area contributed by atoms with E-state index in [1.165, 1.54) is 17.8 Å². The topological polar surface area (TPSA) is 112 Å². The normalized spacial score (nSPS) is 28.9. The molecule has 0 radical (unpaired) electrons. The van der Waals surface area contributed by atoms with Gasteiger partial charge in [-0.3, -0.25) is 29.6 Å². The molecular formula is C36H43F2N9O2. The first-order valence-corrected chi connectivity index (χ1v) is 17.5. The van der Waals surface area contributed by atoms with Gasteiger partial charge in [0.05, 0.1) is 18.0 Å². The van der Waals surface area contributed by atoms with Gasteiger partial charge in [-0.1, -0.05) is 30.3 Å². The van der Waals surface area contributed by atoms with Gasteiger partial charge in [-0.05, 0) is 79.8 Å². The molecule has 1 aromatic carbocycles. The standard InChI is InChI=1S/C36H43F2N9O2/c1-44-22-40-34(43-44)25-4-2-23(3-5-25)24-9-14-46(15-10-24)31(48)20-45-16-11-36(21-45)12-17-47(35(36)49)27-6-7-29-28(19-27)32(42-41-29)26-8-13-39-30(18-26)33(37)38/h2-5,8-9,13,18,22,27-29,32-33,41-42H,6-7,10-12,14-17,19-21H2,1H3/t27?,28?,29?,32?,36-/m0/s1. The molecule has 49 heavy (non-hydrogen) atoms. The van der Waals surface area contributed by atoms with Crippen LogP contribution in [0.15, 0.2) is 55.0 Å². The van der Waals surface area contributed by atoms with Gasteiger partial charge in [0.25, 0.3) is 6.43 Å². The molecule has 5 atom stereocenters. The van der Waals surface area contributed by atoms with Crippen LogP contribution in [0.2, 0.25) is 0 Å². The number of hydrogen-bond donors (Lipinski definition) is 2. The van der Waals surface area contributed by atoms with Crippen molar-refractivity contribution in [1.82, 2.24) is 45.3 Å². The van der Waals surface area contributed by atoms with E-state index < -0.39 is 11.8 Å². The number of likely N-dealkylation sites (tertiary alicyclic amines) is 2. The molecule has 4 fully saturated rings. The number of rotatable bonds is 7. The van der Waals surface area contributed by atoms with Gasteiger partial charge in [-0.2, -0.15) is 5.10 Å². The van der Waals surface area contributed by atoms with Crippen LogP contribution in [-0.4, -0.2) is 97.6 Å². The van der Waals surface area contributed by atoms with Crippen LogP contribution < -0.4 is 10.9 Å². The van der Waals surface area contributed by atoms with Crippen molar-refractivity contribution in [3.63, 3.8) is 0 Å². The van der Waals surface area contributed by atoms with Crippen molar-refractivity contribution < 1.29 is 18.4 Å². The van der Waals surface area contributed by atoms with Crippen LogP contribution in [0.25, 0.3) is 17.0 Å². The molecule has 2 amide bonds. The van der Waals surface area contributed by atoms with Crippen molar-refractivity contribution in [2.45, 2.75) is 63.1 Å². The summed E-state index contributed by atoms with van der Waals surface area (Å²) in [6, 6.07) is 11.8. The fraction of sp³-hybridized carbons (Fsp3) is 0.528. The molecular weight excluding hydrogens is 628 g/mol. The van der Waals surface area contributed by atoms with Crippen LogP contribution in [0.4, 0.5) is 8.78 Å². The van der Waals surface area contributed by atoms with Gasteiger partial charge in [-0.25, -0.2) is 19.2 Å². The van der Waals surface area contributed by atoms with Gasteiger partial charge in [0.15, 0.2) is 5.82 Å². The molecule has 4 unspecified atom stereocenters. The smallest absolute Gasteiger partial charge is 0.280 e. The lowest BCUT2D eigenvalue weighted by Crippen LogP contribution is -2.47. The van der Waals surface area contributed by atoms with Gasteiger partial charge in [0.2, 0.25) is 11.8 Å². The highest BCUT2D eigenvalue weighted by Gasteiger charge is 2.53. The number of carbonyl (C=O) groups is 2. The molecule has 5 aliphatic rings. The minimum Gasteiger partial charge on any atom is -0.339 e. The zero-order valence-corrected chi connectivity index (χ0v) is 27.8. The zero-order chi connectivity index (χ0) is 33.7. The Labute approximate surface area is 284 Å². The van der Waals surface area contributed by atoms with E-state index >= 15 is 0 Å². The molecule has 258 valence electrons. The predicted octanol–water partition coefficient (Wildman–Crippen LogP) is 3.74. The van der Waals surface area contributed by atoms with Crippen LogP contribution in [0.1, 0.15) is 67.8 Å². The Morgan fingerprint density at radius 1 is 1.04 bits per heavy atom. The Kier molecular flexibility index (Phi) is 8.53. The summed E-state index contributed by atoms with van der Waals surface area (Å²) < 4.78 is 28.4. The minimum atomic E-state index is -2.61. The molecule has 3 saturated heterocycles. The fourth-order valence-electron chi connectivity index (χ4n) is 8.85. The molecule has 4 aliphatic heterocycles. The summed E-state index contributed by atoms with van der Waals surface area (Å²) in [5.41, 5.74) is 10.3. The van der Waals surface area contributed by atoms with Crippen LogP contribution in [0.3, 0.4) is 0 Å². The highest BCUT2D eigenvalue weighted by atomic mass is 19.3. The van der Waals surface area contributed by atoms with Crippen LogP contribution in [0, 0.1) is 11.3 Å². The van der Waals surface area contributed by atoms with E-state index in [0.29, 0.717) is 32.0 Å². The van der Waals surface area contributed by atoms with Gasteiger partial charge in [0, 0.05) is 57.1 Å². The summed E-state index contributed by atoms with van der Waals surface area (Å²) in [4.78, 5) is 41.8. The number of benzene rings is 1. The van der Waals surface area contributed by atoms with Crippen molar-refractivity contribution in [3.05, 3.63) is 71.8 Å². The third kappa shape index (κ3) is 6.16. The second-order valence-corrected chi connectivity index (χ2v) is 14.4. The lowest BCUT2D eigenvalue weighted by molar-refractivity contribution is -0.139. The maximum Gasteiger partial charge on any atom is 0.280 e. The number of aryl methyl sites for hydroxylation is 1. The number of aromatic nitrogens is 4. The molecule has 1 saturated carbocycles. The van der Waals surface area contributed by atoms with E-state index in [4.69, 9.17) is 0 Å². The lowest BCUT2D eigenvalue weighted by Gasteiger charge is -2.38. The largest absolute Gasteiger partial charge is 0.339 e. The maximum atomic E-state index is 14.1.